The summed E-state index contributed by atoms with van der Waals surface area (Å²) in [4.78, 5) is 16.8. The maximum Gasteiger partial charge on any atom is 0.257 e. The van der Waals surface area contributed by atoms with Gasteiger partial charge in [0.15, 0.2) is 0 Å². The number of nitrogens with zero attached hydrogens (tertiary/aromatic N) is 2. The molecule has 1 aromatic carbocycles. The van der Waals surface area contributed by atoms with Gasteiger partial charge in [-0.25, -0.2) is 0 Å². The highest BCUT2D eigenvalue weighted by atomic mass is 16.5. The zero-order chi connectivity index (χ0) is 14.8. The Hall–Kier alpha value is -1.59. The van der Waals surface area contributed by atoms with Crippen molar-refractivity contribution in [3.8, 4) is 5.75 Å². The van der Waals surface area contributed by atoms with E-state index in [1.54, 1.807) is 12.1 Å². The van der Waals surface area contributed by atoms with E-state index >= 15 is 0 Å². The molecule has 2 fully saturated rings. The van der Waals surface area contributed by atoms with Crippen molar-refractivity contribution in [3.05, 3.63) is 29.3 Å². The smallest absolute Gasteiger partial charge is 0.257 e. The van der Waals surface area contributed by atoms with E-state index in [0.29, 0.717) is 11.6 Å². The highest BCUT2D eigenvalue weighted by Crippen LogP contribution is 2.24. The third-order valence-electron chi connectivity index (χ3n) is 4.40. The van der Waals surface area contributed by atoms with Crippen molar-refractivity contribution in [1.29, 1.82) is 0 Å². The summed E-state index contributed by atoms with van der Waals surface area (Å²) >= 11 is 0. The lowest BCUT2D eigenvalue weighted by atomic mass is 10.1. The van der Waals surface area contributed by atoms with Crippen molar-refractivity contribution in [1.82, 2.24) is 9.80 Å². The van der Waals surface area contributed by atoms with Gasteiger partial charge in [-0.1, -0.05) is 6.07 Å². The van der Waals surface area contributed by atoms with Crippen LogP contribution in [0.5, 0.6) is 5.75 Å². The third-order valence-corrected chi connectivity index (χ3v) is 4.40. The van der Waals surface area contributed by atoms with Gasteiger partial charge in [-0.15, -0.1) is 0 Å². The predicted molar refractivity (Wildman–Crippen MR) is 79.5 cm³/mol. The number of morpholine rings is 1. The molecule has 0 spiro atoms. The van der Waals surface area contributed by atoms with Crippen molar-refractivity contribution < 1.29 is 14.6 Å². The summed E-state index contributed by atoms with van der Waals surface area (Å²) in [6, 6.07) is 5.64. The Labute approximate surface area is 125 Å². The molecule has 5 heteroatoms. The molecular weight excluding hydrogens is 268 g/mol. The molecule has 0 bridgehead atoms. The summed E-state index contributed by atoms with van der Waals surface area (Å²) in [6.45, 7) is 6.86. The van der Waals surface area contributed by atoms with Gasteiger partial charge >= 0.3 is 0 Å². The van der Waals surface area contributed by atoms with Crippen LogP contribution in [0.25, 0.3) is 0 Å². The minimum atomic E-state index is -0.0664. The first kappa shape index (κ1) is 14.4. The van der Waals surface area contributed by atoms with Gasteiger partial charge in [0.25, 0.3) is 5.91 Å². The van der Waals surface area contributed by atoms with E-state index in [4.69, 9.17) is 4.74 Å². The number of amides is 1. The first-order chi connectivity index (χ1) is 10.1. The van der Waals surface area contributed by atoms with Crippen LogP contribution >= 0.6 is 0 Å². The number of benzene rings is 1. The number of aromatic hydroxyl groups is 1. The first-order valence-electron chi connectivity index (χ1n) is 7.56. The molecule has 2 saturated heterocycles. The average molecular weight is 290 g/mol. The third kappa shape index (κ3) is 3.04. The number of phenols is 1. The molecule has 2 aliphatic heterocycles. The van der Waals surface area contributed by atoms with Crippen molar-refractivity contribution >= 4 is 5.91 Å². The number of likely N-dealkylation sites (tertiary alicyclic amines) is 1. The van der Waals surface area contributed by atoms with Crippen molar-refractivity contribution in [2.45, 2.75) is 19.4 Å². The fourth-order valence-corrected chi connectivity index (χ4v) is 3.16. The Morgan fingerprint density at radius 2 is 2.05 bits per heavy atom. The zero-order valence-corrected chi connectivity index (χ0v) is 12.4. The van der Waals surface area contributed by atoms with Crippen molar-refractivity contribution in [2.75, 3.05) is 39.4 Å². The van der Waals surface area contributed by atoms with E-state index in [0.717, 1.165) is 51.4 Å². The summed E-state index contributed by atoms with van der Waals surface area (Å²) in [6.07, 6.45) is 0.998. The Balaban J connectivity index is 1.66. The SMILES string of the molecule is Cc1ccc(C(=O)N2CCC(N3CCOCC3)C2)c(O)c1. The highest BCUT2D eigenvalue weighted by Gasteiger charge is 2.32. The fourth-order valence-electron chi connectivity index (χ4n) is 3.16. The molecule has 114 valence electrons. The number of aryl methyl sites for hydroxylation is 1. The molecule has 1 amide bonds. The Morgan fingerprint density at radius 1 is 1.29 bits per heavy atom. The minimum Gasteiger partial charge on any atom is -0.507 e. The van der Waals surface area contributed by atoms with Crippen LogP contribution in [0.4, 0.5) is 0 Å². The molecule has 3 rings (SSSR count). The number of carbonyl (C=O) groups is 1. The van der Waals surface area contributed by atoms with Gasteiger partial charge in [0.05, 0.1) is 18.8 Å². The highest BCUT2D eigenvalue weighted by molar-refractivity contribution is 5.97. The molecule has 2 heterocycles. The lowest BCUT2D eigenvalue weighted by molar-refractivity contribution is 0.0185. The first-order valence-corrected chi connectivity index (χ1v) is 7.56. The Morgan fingerprint density at radius 3 is 2.76 bits per heavy atom. The summed E-state index contributed by atoms with van der Waals surface area (Å²) in [7, 11) is 0. The van der Waals surface area contributed by atoms with Gasteiger partial charge in [0, 0.05) is 32.2 Å². The Kier molecular flexibility index (Phi) is 4.12. The second kappa shape index (κ2) is 6.03. The quantitative estimate of drug-likeness (QED) is 0.890. The number of rotatable bonds is 2. The van der Waals surface area contributed by atoms with E-state index in [9.17, 15) is 9.90 Å². The Bertz CT molecular complexity index is 526. The van der Waals surface area contributed by atoms with Crippen LogP contribution in [0.2, 0.25) is 0 Å². The van der Waals surface area contributed by atoms with Crippen LogP contribution < -0.4 is 0 Å². The van der Waals surface area contributed by atoms with Crippen molar-refractivity contribution in [2.24, 2.45) is 0 Å². The molecule has 0 aliphatic carbocycles. The molecule has 1 N–H and O–H groups in total. The van der Waals surface area contributed by atoms with Gasteiger partial charge in [-0.2, -0.15) is 0 Å². The molecule has 1 unspecified atom stereocenters. The second-order valence-electron chi connectivity index (χ2n) is 5.86. The minimum absolute atomic E-state index is 0.0664. The van der Waals surface area contributed by atoms with E-state index in [1.807, 2.05) is 17.9 Å². The van der Waals surface area contributed by atoms with E-state index in [2.05, 4.69) is 4.90 Å². The van der Waals surface area contributed by atoms with Crippen LogP contribution in [-0.2, 0) is 4.74 Å². The average Bonchev–Trinajstić information content (AvgIpc) is 2.97. The normalized spacial score (nSPS) is 23.5. The van der Waals surface area contributed by atoms with Crippen LogP contribution in [0, 0.1) is 6.92 Å². The standard InChI is InChI=1S/C16H22N2O3/c1-12-2-3-14(15(19)10-12)16(20)18-5-4-13(11-18)17-6-8-21-9-7-17/h2-3,10,13,19H,4-9,11H2,1H3. The number of hydrogen-bond acceptors (Lipinski definition) is 4. The number of phenolic OH excluding ortho intramolecular Hbond substituents is 1. The van der Waals surface area contributed by atoms with Crippen LogP contribution in [-0.4, -0.2) is 66.2 Å². The molecule has 5 nitrogen and oxygen atoms in total. The molecule has 0 radical (unpaired) electrons. The van der Waals surface area contributed by atoms with Crippen LogP contribution in [0.3, 0.4) is 0 Å². The lowest BCUT2D eigenvalue weighted by Crippen LogP contribution is -2.45. The number of ether oxygens (including phenoxy) is 1. The van der Waals surface area contributed by atoms with E-state index < -0.39 is 0 Å². The molecule has 1 atom stereocenters. The fraction of sp³-hybridized carbons (Fsp3) is 0.562. The molecule has 0 saturated carbocycles. The number of hydrogen-bond donors (Lipinski definition) is 1. The maximum absolute atomic E-state index is 12.5. The van der Waals surface area contributed by atoms with Crippen LogP contribution in [0.1, 0.15) is 22.3 Å². The number of carbonyl (C=O) groups excluding carboxylic acids is 1. The zero-order valence-electron chi connectivity index (χ0n) is 12.4. The van der Waals surface area contributed by atoms with Gasteiger partial charge in [0.1, 0.15) is 5.75 Å². The maximum atomic E-state index is 12.5. The van der Waals surface area contributed by atoms with Gasteiger partial charge in [0.2, 0.25) is 0 Å². The summed E-state index contributed by atoms with van der Waals surface area (Å²) in [5.41, 5.74) is 1.36. The summed E-state index contributed by atoms with van der Waals surface area (Å²) in [5.74, 6) is 0.0121. The topological polar surface area (TPSA) is 53.0 Å². The largest absolute Gasteiger partial charge is 0.507 e. The lowest BCUT2D eigenvalue weighted by Gasteiger charge is -2.32. The van der Waals surface area contributed by atoms with E-state index in [1.165, 1.54) is 0 Å². The molecule has 2 aliphatic rings. The summed E-state index contributed by atoms with van der Waals surface area (Å²) in [5, 5.41) is 9.96. The summed E-state index contributed by atoms with van der Waals surface area (Å²) < 4.78 is 5.37. The monoisotopic (exact) mass is 290 g/mol. The van der Waals surface area contributed by atoms with E-state index in [-0.39, 0.29) is 11.7 Å². The van der Waals surface area contributed by atoms with Gasteiger partial charge in [-0.05, 0) is 31.0 Å². The molecule has 0 aromatic heterocycles. The van der Waals surface area contributed by atoms with Crippen LogP contribution in [0.15, 0.2) is 18.2 Å². The second-order valence-corrected chi connectivity index (χ2v) is 5.86. The predicted octanol–water partition coefficient (Wildman–Crippen LogP) is 1.25. The van der Waals surface area contributed by atoms with Gasteiger partial charge < -0.3 is 14.7 Å². The molecular formula is C16H22N2O3. The molecule has 21 heavy (non-hydrogen) atoms. The van der Waals surface area contributed by atoms with Crippen molar-refractivity contribution in [3.63, 3.8) is 0 Å². The van der Waals surface area contributed by atoms with Gasteiger partial charge in [-0.3, -0.25) is 9.69 Å². The molecule has 1 aromatic rings.